The molecule has 0 amide bonds. The molecule has 82 valence electrons. The maximum atomic E-state index is 9.72. The summed E-state index contributed by atoms with van der Waals surface area (Å²) in [6.45, 7) is 6.62. The molecule has 0 aliphatic carbocycles. The second-order valence-electron chi connectivity index (χ2n) is 4.93. The minimum Gasteiger partial charge on any atom is -0.392 e. The van der Waals surface area contributed by atoms with Crippen molar-refractivity contribution in [2.75, 3.05) is 26.2 Å². The Morgan fingerprint density at radius 3 is 2.57 bits per heavy atom. The third-order valence-electron chi connectivity index (χ3n) is 3.49. The molecule has 0 aromatic heterocycles. The summed E-state index contributed by atoms with van der Waals surface area (Å²) >= 11 is 0. The standard InChI is InChI=1S/C11H22N2O/c1-9-6-11(14)8-13(7-9)10-2-4-12-5-3-10/h9-12,14H,2-8H2,1H3. The molecule has 2 aliphatic rings. The van der Waals surface area contributed by atoms with Crippen LogP contribution in [0.25, 0.3) is 0 Å². The Morgan fingerprint density at radius 2 is 1.93 bits per heavy atom. The van der Waals surface area contributed by atoms with E-state index in [1.54, 1.807) is 0 Å². The first-order valence-corrected chi connectivity index (χ1v) is 5.88. The molecule has 2 aliphatic heterocycles. The fourth-order valence-corrected chi connectivity index (χ4v) is 2.83. The molecule has 2 fully saturated rings. The van der Waals surface area contributed by atoms with Gasteiger partial charge in [0.1, 0.15) is 0 Å². The third kappa shape index (κ3) is 2.47. The predicted molar refractivity (Wildman–Crippen MR) is 57.3 cm³/mol. The number of nitrogens with zero attached hydrogens (tertiary/aromatic N) is 1. The molecular formula is C11H22N2O. The van der Waals surface area contributed by atoms with E-state index in [0.29, 0.717) is 12.0 Å². The van der Waals surface area contributed by atoms with Gasteiger partial charge in [0.15, 0.2) is 0 Å². The number of piperidine rings is 2. The SMILES string of the molecule is CC1CC(O)CN(C2CCNCC2)C1. The number of hydrogen-bond acceptors (Lipinski definition) is 3. The van der Waals surface area contributed by atoms with Crippen LogP contribution >= 0.6 is 0 Å². The van der Waals surface area contributed by atoms with Crippen molar-refractivity contribution in [1.82, 2.24) is 10.2 Å². The number of aliphatic hydroxyl groups excluding tert-OH is 1. The van der Waals surface area contributed by atoms with E-state index in [0.717, 1.165) is 26.1 Å². The Kier molecular flexibility index (Phi) is 3.42. The van der Waals surface area contributed by atoms with Crippen LogP contribution in [0.1, 0.15) is 26.2 Å². The van der Waals surface area contributed by atoms with Gasteiger partial charge < -0.3 is 10.4 Å². The Bertz CT molecular complexity index is 170. The Morgan fingerprint density at radius 1 is 1.21 bits per heavy atom. The molecule has 2 atom stereocenters. The van der Waals surface area contributed by atoms with Crippen LogP contribution in [0.2, 0.25) is 0 Å². The van der Waals surface area contributed by atoms with Gasteiger partial charge in [-0.15, -0.1) is 0 Å². The average Bonchev–Trinajstić information content (AvgIpc) is 2.18. The minimum absolute atomic E-state index is 0.0892. The van der Waals surface area contributed by atoms with Crippen LogP contribution in [0.4, 0.5) is 0 Å². The topological polar surface area (TPSA) is 35.5 Å². The van der Waals surface area contributed by atoms with E-state index in [9.17, 15) is 5.11 Å². The molecule has 0 spiro atoms. The lowest BCUT2D eigenvalue weighted by Gasteiger charge is -2.41. The molecule has 2 saturated heterocycles. The molecule has 3 nitrogen and oxygen atoms in total. The van der Waals surface area contributed by atoms with Gasteiger partial charge >= 0.3 is 0 Å². The number of aliphatic hydroxyl groups is 1. The van der Waals surface area contributed by atoms with E-state index >= 15 is 0 Å². The fourth-order valence-electron chi connectivity index (χ4n) is 2.83. The van der Waals surface area contributed by atoms with Crippen LogP contribution in [0.15, 0.2) is 0 Å². The first-order chi connectivity index (χ1) is 6.75. The second kappa shape index (κ2) is 4.60. The van der Waals surface area contributed by atoms with E-state index in [1.165, 1.54) is 19.4 Å². The van der Waals surface area contributed by atoms with Crippen molar-refractivity contribution in [2.24, 2.45) is 5.92 Å². The number of nitrogens with one attached hydrogen (secondary N) is 1. The summed E-state index contributed by atoms with van der Waals surface area (Å²) in [6, 6.07) is 0.716. The molecule has 0 radical (unpaired) electrons. The summed E-state index contributed by atoms with van der Waals surface area (Å²) < 4.78 is 0. The quantitative estimate of drug-likeness (QED) is 0.642. The highest BCUT2D eigenvalue weighted by molar-refractivity contribution is 4.84. The summed E-state index contributed by atoms with van der Waals surface area (Å²) in [5.74, 6) is 0.661. The molecule has 2 heterocycles. The molecular weight excluding hydrogens is 176 g/mol. The van der Waals surface area contributed by atoms with Gasteiger partial charge in [0.2, 0.25) is 0 Å². The van der Waals surface area contributed by atoms with Gasteiger partial charge in [-0.2, -0.15) is 0 Å². The lowest BCUT2D eigenvalue weighted by atomic mass is 9.94. The zero-order chi connectivity index (χ0) is 9.97. The Balaban J connectivity index is 1.88. The maximum Gasteiger partial charge on any atom is 0.0670 e. The van der Waals surface area contributed by atoms with Crippen LogP contribution in [-0.4, -0.2) is 48.3 Å². The van der Waals surface area contributed by atoms with Gasteiger partial charge in [-0.05, 0) is 38.3 Å². The largest absolute Gasteiger partial charge is 0.392 e. The molecule has 2 N–H and O–H groups in total. The highest BCUT2D eigenvalue weighted by Crippen LogP contribution is 2.21. The van der Waals surface area contributed by atoms with Gasteiger partial charge in [0, 0.05) is 19.1 Å². The van der Waals surface area contributed by atoms with Crippen molar-refractivity contribution in [2.45, 2.75) is 38.3 Å². The predicted octanol–water partition coefficient (Wildman–Crippen LogP) is 0.441. The van der Waals surface area contributed by atoms with Crippen LogP contribution in [0.3, 0.4) is 0 Å². The number of β-amino-alcohol motifs (C(OH)–C–C–N with tert-alkyl or cyclic N) is 1. The van der Waals surface area contributed by atoms with E-state index < -0.39 is 0 Å². The van der Waals surface area contributed by atoms with E-state index in [1.807, 2.05) is 0 Å². The van der Waals surface area contributed by atoms with Crippen LogP contribution in [0.5, 0.6) is 0 Å². The maximum absolute atomic E-state index is 9.72. The molecule has 2 unspecified atom stereocenters. The molecule has 0 bridgehead atoms. The summed E-state index contributed by atoms with van der Waals surface area (Å²) in [4.78, 5) is 2.50. The molecule has 14 heavy (non-hydrogen) atoms. The van der Waals surface area contributed by atoms with E-state index in [4.69, 9.17) is 0 Å². The minimum atomic E-state index is -0.0892. The average molecular weight is 198 g/mol. The van der Waals surface area contributed by atoms with Gasteiger partial charge in [-0.3, -0.25) is 4.90 Å². The third-order valence-corrected chi connectivity index (χ3v) is 3.49. The van der Waals surface area contributed by atoms with Crippen LogP contribution < -0.4 is 5.32 Å². The van der Waals surface area contributed by atoms with E-state index in [2.05, 4.69) is 17.1 Å². The summed E-state index contributed by atoms with van der Waals surface area (Å²) in [5, 5.41) is 13.1. The highest BCUT2D eigenvalue weighted by Gasteiger charge is 2.28. The molecule has 0 saturated carbocycles. The summed E-state index contributed by atoms with van der Waals surface area (Å²) in [5.41, 5.74) is 0. The van der Waals surface area contributed by atoms with Crippen molar-refractivity contribution in [1.29, 1.82) is 0 Å². The first kappa shape index (κ1) is 10.4. The van der Waals surface area contributed by atoms with Crippen LogP contribution in [0, 0.1) is 5.92 Å². The number of hydrogen-bond donors (Lipinski definition) is 2. The van der Waals surface area contributed by atoms with Crippen LogP contribution in [-0.2, 0) is 0 Å². The second-order valence-corrected chi connectivity index (χ2v) is 4.93. The fraction of sp³-hybridized carbons (Fsp3) is 1.00. The van der Waals surface area contributed by atoms with E-state index in [-0.39, 0.29) is 6.10 Å². The number of rotatable bonds is 1. The van der Waals surface area contributed by atoms with Gasteiger partial charge in [0.25, 0.3) is 0 Å². The first-order valence-electron chi connectivity index (χ1n) is 5.88. The molecule has 3 heteroatoms. The zero-order valence-corrected chi connectivity index (χ0v) is 9.08. The lowest BCUT2D eigenvalue weighted by molar-refractivity contribution is 0.0147. The number of likely N-dealkylation sites (tertiary alicyclic amines) is 1. The molecule has 2 rings (SSSR count). The molecule has 0 aromatic carbocycles. The molecule has 0 aromatic rings. The monoisotopic (exact) mass is 198 g/mol. The Hall–Kier alpha value is -0.120. The zero-order valence-electron chi connectivity index (χ0n) is 9.08. The summed E-state index contributed by atoms with van der Waals surface area (Å²) in [6.07, 6.45) is 3.40. The van der Waals surface area contributed by atoms with Crippen molar-refractivity contribution in [3.63, 3.8) is 0 Å². The van der Waals surface area contributed by atoms with Crippen molar-refractivity contribution in [3.8, 4) is 0 Å². The van der Waals surface area contributed by atoms with Gasteiger partial charge in [0.05, 0.1) is 6.10 Å². The smallest absolute Gasteiger partial charge is 0.0670 e. The summed E-state index contributed by atoms with van der Waals surface area (Å²) in [7, 11) is 0. The van der Waals surface area contributed by atoms with Crippen molar-refractivity contribution in [3.05, 3.63) is 0 Å². The van der Waals surface area contributed by atoms with Crippen molar-refractivity contribution < 1.29 is 5.11 Å². The van der Waals surface area contributed by atoms with Gasteiger partial charge in [-0.25, -0.2) is 0 Å². The lowest BCUT2D eigenvalue weighted by Crippen LogP contribution is -2.50. The van der Waals surface area contributed by atoms with Gasteiger partial charge in [-0.1, -0.05) is 6.92 Å². The highest BCUT2D eigenvalue weighted by atomic mass is 16.3. The van der Waals surface area contributed by atoms with Crippen molar-refractivity contribution >= 4 is 0 Å². The Labute approximate surface area is 86.5 Å². The normalized spacial score (nSPS) is 37.3.